The zero-order chi connectivity index (χ0) is 22.8. The van der Waals surface area contributed by atoms with Crippen molar-refractivity contribution in [3.05, 3.63) is 100 Å². The molecule has 162 valence electrons. The molecular weight excluding hydrogens is 454 g/mol. The van der Waals surface area contributed by atoms with Crippen molar-refractivity contribution in [1.82, 2.24) is 4.98 Å². The molecule has 5 rings (SSSR count). The van der Waals surface area contributed by atoms with Gasteiger partial charge in [0.15, 0.2) is 5.76 Å². The van der Waals surface area contributed by atoms with E-state index >= 15 is 0 Å². The Labute approximate surface area is 197 Å². The molecule has 0 radical (unpaired) electrons. The van der Waals surface area contributed by atoms with Gasteiger partial charge in [-0.15, -0.1) is 22.7 Å². The second kappa shape index (κ2) is 8.97. The minimum Gasteiger partial charge on any atom is -0.453 e. The third kappa shape index (κ3) is 4.41. The summed E-state index contributed by atoms with van der Waals surface area (Å²) < 4.78 is 11.3. The van der Waals surface area contributed by atoms with Crippen LogP contribution in [-0.4, -0.2) is 16.7 Å². The van der Waals surface area contributed by atoms with Crippen LogP contribution in [0.25, 0.3) is 26.9 Å². The first-order valence-electron chi connectivity index (χ1n) is 10.1. The Morgan fingerprint density at radius 1 is 1.03 bits per heavy atom. The topological polar surface area (TPSA) is 69.4 Å². The Balaban J connectivity index is 1.36. The molecule has 0 aliphatic heterocycles. The lowest BCUT2D eigenvalue weighted by atomic mass is 10.1. The number of thiophene rings is 1. The van der Waals surface area contributed by atoms with Gasteiger partial charge >= 0.3 is 5.97 Å². The van der Waals surface area contributed by atoms with Crippen LogP contribution in [0.15, 0.2) is 82.6 Å². The first-order chi connectivity index (χ1) is 16.1. The molecule has 33 heavy (non-hydrogen) atoms. The van der Waals surface area contributed by atoms with Crippen LogP contribution in [0.4, 0.5) is 0 Å². The van der Waals surface area contributed by atoms with E-state index in [0.29, 0.717) is 27.5 Å². The molecule has 0 aliphatic rings. The number of furan rings is 1. The highest BCUT2D eigenvalue weighted by molar-refractivity contribution is 7.22. The number of carbonyl (C=O) groups excluding carboxylic acids is 2. The van der Waals surface area contributed by atoms with Crippen molar-refractivity contribution in [2.75, 3.05) is 0 Å². The predicted molar refractivity (Wildman–Crippen MR) is 131 cm³/mol. The first kappa shape index (κ1) is 21.1. The quantitative estimate of drug-likeness (QED) is 0.115. The molecule has 0 spiro atoms. The van der Waals surface area contributed by atoms with Crippen LogP contribution in [-0.2, 0) is 0 Å². The maximum atomic E-state index is 12.9. The van der Waals surface area contributed by atoms with Crippen molar-refractivity contribution in [1.29, 1.82) is 0 Å². The van der Waals surface area contributed by atoms with Crippen molar-refractivity contribution in [3.8, 4) is 15.6 Å². The summed E-state index contributed by atoms with van der Waals surface area (Å²) in [7, 11) is 0. The van der Waals surface area contributed by atoms with Crippen LogP contribution in [0.2, 0.25) is 0 Å². The van der Waals surface area contributed by atoms with Gasteiger partial charge in [0.05, 0.1) is 10.6 Å². The van der Waals surface area contributed by atoms with E-state index in [1.165, 1.54) is 17.4 Å². The highest BCUT2D eigenvalue weighted by Gasteiger charge is 2.19. The van der Waals surface area contributed by atoms with Gasteiger partial charge < -0.3 is 9.15 Å². The predicted octanol–water partition coefficient (Wildman–Crippen LogP) is 7.04. The lowest BCUT2D eigenvalue weighted by Gasteiger charge is -2.06. The van der Waals surface area contributed by atoms with Crippen molar-refractivity contribution in [3.63, 3.8) is 0 Å². The van der Waals surface area contributed by atoms with Gasteiger partial charge in [-0.1, -0.05) is 42.5 Å². The Hall–Kier alpha value is -3.81. The summed E-state index contributed by atoms with van der Waals surface area (Å²) in [4.78, 5) is 31.5. The Morgan fingerprint density at radius 3 is 2.67 bits per heavy atom. The molecule has 0 saturated carbocycles. The van der Waals surface area contributed by atoms with Gasteiger partial charge in [0.2, 0.25) is 5.78 Å². The molecule has 0 saturated heterocycles. The van der Waals surface area contributed by atoms with Gasteiger partial charge in [-0.3, -0.25) is 4.79 Å². The lowest BCUT2D eigenvalue weighted by Crippen LogP contribution is -2.09. The zero-order valence-electron chi connectivity index (χ0n) is 17.5. The normalized spacial score (nSPS) is 11.3. The molecule has 2 aromatic carbocycles. The largest absolute Gasteiger partial charge is 0.453 e. The molecule has 5 aromatic rings. The third-order valence-electron chi connectivity index (χ3n) is 4.92. The Morgan fingerprint density at radius 2 is 1.85 bits per heavy atom. The van der Waals surface area contributed by atoms with Crippen molar-refractivity contribution >= 4 is 51.5 Å². The van der Waals surface area contributed by atoms with Crippen molar-refractivity contribution < 1.29 is 18.7 Å². The molecule has 3 aromatic heterocycles. The molecule has 0 aliphatic carbocycles. The lowest BCUT2D eigenvalue weighted by molar-refractivity contribution is 0.0738. The van der Waals surface area contributed by atoms with Gasteiger partial charge in [0, 0.05) is 10.9 Å². The van der Waals surface area contributed by atoms with Gasteiger partial charge in [-0.25, -0.2) is 9.78 Å². The molecule has 3 heterocycles. The first-order valence-corrected chi connectivity index (χ1v) is 11.8. The number of carbonyl (C=O) groups is 2. The van der Waals surface area contributed by atoms with Crippen molar-refractivity contribution in [2.45, 2.75) is 6.92 Å². The second-order valence-corrected chi connectivity index (χ2v) is 9.13. The summed E-state index contributed by atoms with van der Waals surface area (Å²) in [5.41, 5.74) is 1.89. The summed E-state index contributed by atoms with van der Waals surface area (Å²) in [6.45, 7) is 1.79. The summed E-state index contributed by atoms with van der Waals surface area (Å²) in [6.07, 6.45) is 3.03. The fourth-order valence-corrected chi connectivity index (χ4v) is 5.04. The SMILES string of the molecule is Cc1nc(-c2cccs2)sc1C(=O)Oc1ccccc1C=CC(=O)c1cc2ccccc2o1. The molecular formula is C26H17NO4S2. The number of para-hydroxylation sites is 2. The van der Waals surface area contributed by atoms with E-state index in [1.807, 2.05) is 47.8 Å². The summed E-state index contributed by atoms with van der Waals surface area (Å²) in [5.74, 6) is -0.131. The Kier molecular flexibility index (Phi) is 5.73. The molecule has 0 atom stereocenters. The minimum absolute atomic E-state index is 0.253. The smallest absolute Gasteiger partial charge is 0.355 e. The molecule has 7 heteroatoms. The van der Waals surface area contributed by atoms with E-state index in [9.17, 15) is 9.59 Å². The van der Waals surface area contributed by atoms with E-state index in [0.717, 1.165) is 15.3 Å². The fraction of sp³-hybridized carbons (Fsp3) is 0.0385. The number of esters is 1. The number of ether oxygens (including phenoxy) is 1. The summed E-state index contributed by atoms with van der Waals surface area (Å²) in [6, 6.07) is 20.1. The maximum Gasteiger partial charge on any atom is 0.355 e. The fourth-order valence-electron chi connectivity index (χ4n) is 3.30. The van der Waals surface area contributed by atoms with Crippen LogP contribution in [0.5, 0.6) is 5.75 Å². The number of thiazole rings is 1. The average molecular weight is 472 g/mol. The zero-order valence-corrected chi connectivity index (χ0v) is 19.1. The molecule has 0 unspecified atom stereocenters. The summed E-state index contributed by atoms with van der Waals surface area (Å²) >= 11 is 2.88. The van der Waals surface area contributed by atoms with Gasteiger partial charge in [-0.05, 0) is 48.7 Å². The van der Waals surface area contributed by atoms with Crippen LogP contribution in [0.3, 0.4) is 0 Å². The number of fused-ring (bicyclic) bond motifs is 1. The second-order valence-electron chi connectivity index (χ2n) is 7.18. The van der Waals surface area contributed by atoms with E-state index < -0.39 is 5.97 Å². The van der Waals surface area contributed by atoms with Crippen LogP contribution in [0.1, 0.15) is 31.5 Å². The van der Waals surface area contributed by atoms with Crippen LogP contribution in [0, 0.1) is 6.92 Å². The molecule has 0 fully saturated rings. The number of aromatic nitrogens is 1. The number of allylic oxidation sites excluding steroid dienone is 1. The highest BCUT2D eigenvalue weighted by atomic mass is 32.1. The van der Waals surface area contributed by atoms with Gasteiger partial charge in [-0.2, -0.15) is 0 Å². The van der Waals surface area contributed by atoms with E-state index in [1.54, 1.807) is 48.6 Å². The third-order valence-corrected chi connectivity index (χ3v) is 7.09. The molecule has 0 N–H and O–H groups in total. The monoisotopic (exact) mass is 471 g/mol. The molecule has 0 amide bonds. The molecule has 0 bridgehead atoms. The minimum atomic E-state index is -0.475. The van der Waals surface area contributed by atoms with Crippen LogP contribution < -0.4 is 4.74 Å². The number of benzene rings is 2. The number of aryl methyl sites for hydroxylation is 1. The van der Waals surface area contributed by atoms with E-state index in [4.69, 9.17) is 9.15 Å². The number of nitrogens with zero attached hydrogens (tertiary/aromatic N) is 1. The number of hydrogen-bond donors (Lipinski definition) is 0. The maximum absolute atomic E-state index is 12.9. The van der Waals surface area contributed by atoms with Gasteiger partial charge in [0.25, 0.3) is 0 Å². The summed E-state index contributed by atoms with van der Waals surface area (Å²) in [5, 5.41) is 3.63. The number of hydrogen-bond acceptors (Lipinski definition) is 7. The number of rotatable bonds is 6. The standard InChI is InChI=1S/C26H17NO4S2/c1-16-24(33-25(27-16)23-11-6-14-32-23)26(29)31-20-9-4-2-7-17(20)12-13-19(28)22-15-18-8-3-5-10-21(18)30-22/h2-15H,1H3. The Bertz CT molecular complexity index is 1460. The highest BCUT2D eigenvalue weighted by Crippen LogP contribution is 2.32. The van der Waals surface area contributed by atoms with E-state index in [-0.39, 0.29) is 11.5 Å². The van der Waals surface area contributed by atoms with Crippen LogP contribution >= 0.6 is 22.7 Å². The molecule has 5 nitrogen and oxygen atoms in total. The van der Waals surface area contributed by atoms with Crippen molar-refractivity contribution in [2.24, 2.45) is 0 Å². The number of ketones is 1. The van der Waals surface area contributed by atoms with E-state index in [2.05, 4.69) is 4.98 Å². The van der Waals surface area contributed by atoms with Gasteiger partial charge in [0.1, 0.15) is 21.2 Å². The average Bonchev–Trinajstić information content (AvgIpc) is 3.57.